The van der Waals surface area contributed by atoms with Gasteiger partial charge in [0.05, 0.1) is 10.6 Å². The van der Waals surface area contributed by atoms with E-state index in [1.165, 1.54) is 9.87 Å². The van der Waals surface area contributed by atoms with Gasteiger partial charge in [0.2, 0.25) is 0 Å². The summed E-state index contributed by atoms with van der Waals surface area (Å²) < 4.78 is 26.4. The lowest BCUT2D eigenvalue weighted by atomic mass is 10.1. The molecule has 0 radical (unpaired) electrons. The minimum atomic E-state index is -3.50. The molecule has 3 nitrogen and oxygen atoms in total. The molecular formula is C16H19NO2S. The smallest absolute Gasteiger partial charge is 0.264 e. The van der Waals surface area contributed by atoms with Crippen LogP contribution in [0.2, 0.25) is 0 Å². The molecule has 0 atom stereocenters. The van der Waals surface area contributed by atoms with Gasteiger partial charge in [-0.05, 0) is 48.7 Å². The van der Waals surface area contributed by atoms with Crippen LogP contribution in [0.4, 0.5) is 5.69 Å². The van der Waals surface area contributed by atoms with Gasteiger partial charge in [0.1, 0.15) is 0 Å². The van der Waals surface area contributed by atoms with Crippen molar-refractivity contribution < 1.29 is 8.42 Å². The number of benzene rings is 2. The minimum Gasteiger partial charge on any atom is -0.269 e. The molecule has 0 spiro atoms. The predicted molar refractivity (Wildman–Crippen MR) is 82.6 cm³/mol. The number of sulfonamides is 1. The monoisotopic (exact) mass is 289 g/mol. The largest absolute Gasteiger partial charge is 0.269 e. The molecule has 0 aliphatic rings. The van der Waals surface area contributed by atoms with Crippen LogP contribution < -0.4 is 4.31 Å². The number of rotatable bonds is 4. The van der Waals surface area contributed by atoms with Gasteiger partial charge in [-0.3, -0.25) is 4.31 Å². The first-order chi connectivity index (χ1) is 9.46. The Morgan fingerprint density at radius 3 is 2.30 bits per heavy atom. The van der Waals surface area contributed by atoms with Gasteiger partial charge in [0.15, 0.2) is 0 Å². The second-order valence-corrected chi connectivity index (χ2v) is 6.72. The number of anilines is 1. The molecule has 0 N–H and O–H groups in total. The molecule has 0 amide bonds. The fourth-order valence-corrected chi connectivity index (χ4v) is 3.33. The summed E-state index contributed by atoms with van der Waals surface area (Å²) in [5.41, 5.74) is 3.04. The van der Waals surface area contributed by atoms with Crippen molar-refractivity contribution in [2.24, 2.45) is 0 Å². The molecule has 2 aromatic carbocycles. The molecule has 20 heavy (non-hydrogen) atoms. The highest BCUT2D eigenvalue weighted by Crippen LogP contribution is 2.24. The third-order valence-corrected chi connectivity index (χ3v) is 5.28. The molecule has 0 saturated carbocycles. The molecule has 2 rings (SSSR count). The van der Waals surface area contributed by atoms with E-state index in [2.05, 4.69) is 6.92 Å². The number of hydrogen-bond acceptors (Lipinski definition) is 2. The van der Waals surface area contributed by atoms with E-state index in [-0.39, 0.29) is 0 Å². The van der Waals surface area contributed by atoms with E-state index in [0.29, 0.717) is 10.6 Å². The fourth-order valence-electron chi connectivity index (χ4n) is 2.12. The molecule has 0 fully saturated rings. The molecule has 0 aromatic heterocycles. The molecule has 0 saturated heterocycles. The Hall–Kier alpha value is -1.81. The molecule has 2 aromatic rings. The summed E-state index contributed by atoms with van der Waals surface area (Å²) >= 11 is 0. The lowest BCUT2D eigenvalue weighted by molar-refractivity contribution is 0.594. The molecule has 0 heterocycles. The summed E-state index contributed by atoms with van der Waals surface area (Å²) in [7, 11) is -1.91. The van der Waals surface area contributed by atoms with E-state index in [1.807, 2.05) is 25.1 Å². The predicted octanol–water partition coefficient (Wildman–Crippen LogP) is 3.38. The Morgan fingerprint density at radius 2 is 1.70 bits per heavy atom. The Bertz CT molecular complexity index is 694. The summed E-state index contributed by atoms with van der Waals surface area (Å²) in [5.74, 6) is 0. The van der Waals surface area contributed by atoms with Gasteiger partial charge < -0.3 is 0 Å². The summed E-state index contributed by atoms with van der Waals surface area (Å²) in [4.78, 5) is 0.307. The van der Waals surface area contributed by atoms with Gasteiger partial charge in [-0.25, -0.2) is 8.42 Å². The van der Waals surface area contributed by atoms with Crippen molar-refractivity contribution in [3.63, 3.8) is 0 Å². The third kappa shape index (κ3) is 2.70. The Labute approximate surface area is 120 Å². The van der Waals surface area contributed by atoms with Crippen LogP contribution in [-0.2, 0) is 16.4 Å². The van der Waals surface area contributed by atoms with E-state index in [9.17, 15) is 8.42 Å². The number of aryl methyl sites for hydroxylation is 2. The van der Waals surface area contributed by atoms with Crippen molar-refractivity contribution in [2.75, 3.05) is 11.4 Å². The van der Waals surface area contributed by atoms with Crippen molar-refractivity contribution >= 4 is 15.7 Å². The van der Waals surface area contributed by atoms with Crippen molar-refractivity contribution in [1.82, 2.24) is 0 Å². The second kappa shape index (κ2) is 5.67. The highest BCUT2D eigenvalue weighted by atomic mass is 32.2. The first-order valence-corrected chi connectivity index (χ1v) is 8.04. The van der Waals surface area contributed by atoms with Gasteiger partial charge in [-0.1, -0.05) is 31.2 Å². The Kier molecular flexibility index (Phi) is 4.14. The quantitative estimate of drug-likeness (QED) is 0.865. The van der Waals surface area contributed by atoms with Crippen LogP contribution in [0.25, 0.3) is 0 Å². The van der Waals surface area contributed by atoms with Gasteiger partial charge >= 0.3 is 0 Å². The summed E-state index contributed by atoms with van der Waals surface area (Å²) in [6.45, 7) is 4.10. The van der Waals surface area contributed by atoms with E-state index < -0.39 is 10.0 Å². The zero-order valence-corrected chi connectivity index (χ0v) is 12.8. The average Bonchev–Trinajstić information content (AvgIpc) is 2.48. The van der Waals surface area contributed by atoms with Crippen LogP contribution >= 0.6 is 0 Å². The van der Waals surface area contributed by atoms with Crippen molar-refractivity contribution in [3.8, 4) is 0 Å². The maximum atomic E-state index is 12.5. The SMILES string of the molecule is CCc1cc(N(C)S(=O)(=O)c2ccccc2)ccc1C. The minimum absolute atomic E-state index is 0.307. The van der Waals surface area contributed by atoms with Crippen molar-refractivity contribution in [2.45, 2.75) is 25.2 Å². The lowest BCUT2D eigenvalue weighted by Gasteiger charge is -2.20. The standard InChI is InChI=1S/C16H19NO2S/c1-4-14-12-15(11-10-13(14)2)17(3)20(18,19)16-8-6-5-7-9-16/h5-12H,4H2,1-3H3. The Balaban J connectivity index is 2.43. The first-order valence-electron chi connectivity index (χ1n) is 6.60. The van der Waals surface area contributed by atoms with Gasteiger partial charge in [-0.2, -0.15) is 0 Å². The second-order valence-electron chi connectivity index (χ2n) is 4.75. The summed E-state index contributed by atoms with van der Waals surface area (Å²) in [6.07, 6.45) is 0.888. The van der Waals surface area contributed by atoms with Gasteiger partial charge in [0.25, 0.3) is 10.0 Å². The fraction of sp³-hybridized carbons (Fsp3) is 0.250. The molecular weight excluding hydrogens is 270 g/mol. The van der Waals surface area contributed by atoms with Crippen LogP contribution in [-0.4, -0.2) is 15.5 Å². The molecule has 0 unspecified atom stereocenters. The highest BCUT2D eigenvalue weighted by Gasteiger charge is 2.21. The lowest BCUT2D eigenvalue weighted by Crippen LogP contribution is -2.26. The van der Waals surface area contributed by atoms with Crippen LogP contribution in [0.1, 0.15) is 18.1 Å². The van der Waals surface area contributed by atoms with Crippen molar-refractivity contribution in [1.29, 1.82) is 0 Å². The van der Waals surface area contributed by atoms with E-state index in [0.717, 1.165) is 12.0 Å². The third-order valence-electron chi connectivity index (χ3n) is 3.48. The summed E-state index contributed by atoms with van der Waals surface area (Å²) in [6, 6.07) is 14.2. The van der Waals surface area contributed by atoms with Gasteiger partial charge in [0, 0.05) is 7.05 Å². The van der Waals surface area contributed by atoms with E-state index in [4.69, 9.17) is 0 Å². The van der Waals surface area contributed by atoms with Gasteiger partial charge in [-0.15, -0.1) is 0 Å². The maximum Gasteiger partial charge on any atom is 0.264 e. The zero-order valence-electron chi connectivity index (χ0n) is 12.0. The topological polar surface area (TPSA) is 37.4 Å². The van der Waals surface area contributed by atoms with E-state index in [1.54, 1.807) is 37.4 Å². The average molecular weight is 289 g/mol. The highest BCUT2D eigenvalue weighted by molar-refractivity contribution is 7.92. The first kappa shape index (κ1) is 14.6. The van der Waals surface area contributed by atoms with Crippen LogP contribution in [0, 0.1) is 6.92 Å². The van der Waals surface area contributed by atoms with Crippen LogP contribution in [0.3, 0.4) is 0 Å². The molecule has 0 aliphatic carbocycles. The van der Waals surface area contributed by atoms with Crippen molar-refractivity contribution in [3.05, 3.63) is 59.7 Å². The van der Waals surface area contributed by atoms with Crippen LogP contribution in [0.5, 0.6) is 0 Å². The number of nitrogens with zero attached hydrogens (tertiary/aromatic N) is 1. The molecule has 106 valence electrons. The zero-order chi connectivity index (χ0) is 14.8. The maximum absolute atomic E-state index is 12.5. The molecule has 4 heteroatoms. The van der Waals surface area contributed by atoms with Crippen LogP contribution in [0.15, 0.2) is 53.4 Å². The normalized spacial score (nSPS) is 11.3. The van der Waals surface area contributed by atoms with E-state index >= 15 is 0 Å². The molecule has 0 aliphatic heterocycles. The summed E-state index contributed by atoms with van der Waals surface area (Å²) in [5, 5.41) is 0. The molecule has 0 bridgehead atoms. The number of hydrogen-bond donors (Lipinski definition) is 0. The Morgan fingerprint density at radius 1 is 1.05 bits per heavy atom.